The van der Waals surface area contributed by atoms with Gasteiger partial charge in [0.25, 0.3) is 10.0 Å². The van der Waals surface area contributed by atoms with E-state index in [1.165, 1.54) is 30.5 Å². The molecule has 37 heavy (non-hydrogen) atoms. The summed E-state index contributed by atoms with van der Waals surface area (Å²) in [7, 11) is -0.502. The highest BCUT2D eigenvalue weighted by Crippen LogP contribution is 2.32. The van der Waals surface area contributed by atoms with Crippen molar-refractivity contribution in [1.82, 2.24) is 24.4 Å². The fourth-order valence-corrected chi connectivity index (χ4v) is 5.04. The van der Waals surface area contributed by atoms with Crippen LogP contribution in [0.5, 0.6) is 0 Å². The average Bonchev–Trinajstić information content (AvgIpc) is 3.29. The van der Waals surface area contributed by atoms with E-state index >= 15 is 0 Å². The molecule has 3 rings (SSSR count). The van der Waals surface area contributed by atoms with Gasteiger partial charge in [0.05, 0.1) is 12.1 Å². The van der Waals surface area contributed by atoms with E-state index in [-0.39, 0.29) is 29.1 Å². The van der Waals surface area contributed by atoms with Crippen molar-refractivity contribution in [1.29, 1.82) is 5.26 Å². The Kier molecular flexibility index (Phi) is 8.46. The van der Waals surface area contributed by atoms with Crippen LogP contribution in [0.2, 0.25) is 0 Å². The summed E-state index contributed by atoms with van der Waals surface area (Å²) in [5.41, 5.74) is 2.78. The number of aryl methyl sites for hydroxylation is 1. The number of sulfonamides is 1. The first kappa shape index (κ1) is 28.0. The fraction of sp³-hybridized carbons (Fsp3) is 0.385. The van der Waals surface area contributed by atoms with Gasteiger partial charge >= 0.3 is 0 Å². The first-order chi connectivity index (χ1) is 17.4. The number of carbonyl (C=O) groups excluding carboxylic acids is 1. The number of hydrogen-bond donors (Lipinski definition) is 1. The summed E-state index contributed by atoms with van der Waals surface area (Å²) in [4.78, 5) is 19.0. The molecule has 1 aromatic carbocycles. The van der Waals surface area contributed by atoms with Gasteiger partial charge in [-0.25, -0.2) is 14.1 Å². The van der Waals surface area contributed by atoms with E-state index < -0.39 is 21.7 Å². The number of hydrogen-bond acceptors (Lipinski definition) is 7. The molecule has 0 saturated heterocycles. The smallest absolute Gasteiger partial charge is 0.283 e. The van der Waals surface area contributed by atoms with E-state index in [4.69, 9.17) is 0 Å². The van der Waals surface area contributed by atoms with Crippen LogP contribution in [0.15, 0.2) is 41.6 Å². The molecule has 0 radical (unpaired) electrons. The van der Waals surface area contributed by atoms with Crippen molar-refractivity contribution in [3.63, 3.8) is 0 Å². The number of pyridine rings is 1. The van der Waals surface area contributed by atoms with Crippen LogP contribution in [-0.2, 0) is 27.8 Å². The lowest BCUT2D eigenvalue weighted by Gasteiger charge is -2.20. The lowest BCUT2D eigenvalue weighted by Crippen LogP contribution is -2.32. The third-order valence-electron chi connectivity index (χ3n) is 6.21. The van der Waals surface area contributed by atoms with Crippen molar-refractivity contribution >= 4 is 15.9 Å². The zero-order valence-electron chi connectivity index (χ0n) is 21.8. The van der Waals surface area contributed by atoms with Gasteiger partial charge in [0.2, 0.25) is 5.91 Å². The largest absolute Gasteiger partial charge is 0.301 e. The topological polar surface area (TPSA) is 121 Å². The average molecular weight is 527 g/mol. The van der Waals surface area contributed by atoms with E-state index in [2.05, 4.69) is 14.8 Å². The van der Waals surface area contributed by atoms with Gasteiger partial charge in [-0.05, 0) is 80.4 Å². The molecule has 0 fully saturated rings. The second-order valence-corrected chi connectivity index (χ2v) is 10.9. The summed E-state index contributed by atoms with van der Waals surface area (Å²) in [6, 6.07) is 9.05. The molecular weight excluding hydrogens is 495 g/mol. The summed E-state index contributed by atoms with van der Waals surface area (Å²) in [5.74, 6) is -1.43. The van der Waals surface area contributed by atoms with E-state index in [1.807, 2.05) is 52.8 Å². The summed E-state index contributed by atoms with van der Waals surface area (Å²) >= 11 is 0. The van der Waals surface area contributed by atoms with Crippen LogP contribution in [0, 0.1) is 17.1 Å². The predicted octanol–water partition coefficient (Wildman–Crippen LogP) is 3.77. The molecule has 1 atom stereocenters. The number of amides is 1. The van der Waals surface area contributed by atoms with Gasteiger partial charge in [0.15, 0.2) is 5.03 Å². The Hall–Kier alpha value is -3.62. The Morgan fingerprint density at radius 3 is 2.51 bits per heavy atom. The van der Waals surface area contributed by atoms with Crippen molar-refractivity contribution in [2.24, 2.45) is 0 Å². The zero-order valence-corrected chi connectivity index (χ0v) is 22.6. The van der Waals surface area contributed by atoms with Gasteiger partial charge in [-0.1, -0.05) is 13.8 Å². The lowest BCUT2D eigenvalue weighted by atomic mass is 9.88. The number of nitrogens with one attached hydrogen (secondary N) is 1. The number of benzene rings is 1. The minimum Gasteiger partial charge on any atom is -0.301 e. The number of halogens is 1. The van der Waals surface area contributed by atoms with Gasteiger partial charge in [-0.2, -0.15) is 18.8 Å². The summed E-state index contributed by atoms with van der Waals surface area (Å²) < 4.78 is 44.5. The highest BCUT2D eigenvalue weighted by atomic mass is 32.2. The monoisotopic (exact) mass is 526 g/mol. The maximum absolute atomic E-state index is 14.6. The van der Waals surface area contributed by atoms with Gasteiger partial charge < -0.3 is 4.90 Å². The molecule has 196 valence electrons. The fourth-order valence-electron chi connectivity index (χ4n) is 4.08. The lowest BCUT2D eigenvalue weighted by molar-refractivity contribution is -0.118. The number of aromatic nitrogens is 3. The number of nitrogens with zero attached hydrogens (tertiary/aromatic N) is 5. The van der Waals surface area contributed by atoms with E-state index in [9.17, 15) is 22.9 Å². The van der Waals surface area contributed by atoms with Crippen LogP contribution in [0.25, 0.3) is 11.1 Å². The van der Waals surface area contributed by atoms with Crippen LogP contribution >= 0.6 is 0 Å². The molecule has 3 aromatic rings. The second kappa shape index (κ2) is 11.2. The van der Waals surface area contributed by atoms with Crippen molar-refractivity contribution in [3.8, 4) is 17.2 Å². The first-order valence-corrected chi connectivity index (χ1v) is 13.3. The van der Waals surface area contributed by atoms with Crippen molar-refractivity contribution in [2.45, 2.75) is 57.6 Å². The van der Waals surface area contributed by atoms with Crippen molar-refractivity contribution < 1.29 is 17.6 Å². The number of carbonyl (C=O) groups is 1. The molecule has 2 aromatic heterocycles. The highest BCUT2D eigenvalue weighted by molar-refractivity contribution is 7.90. The van der Waals surface area contributed by atoms with Crippen LogP contribution in [0.4, 0.5) is 4.39 Å². The van der Waals surface area contributed by atoms with Crippen LogP contribution < -0.4 is 4.72 Å². The normalized spacial score (nSPS) is 12.5. The Balaban J connectivity index is 1.99. The molecule has 0 aliphatic heterocycles. The molecule has 11 heteroatoms. The minimum atomic E-state index is -4.26. The van der Waals surface area contributed by atoms with Crippen molar-refractivity contribution in [2.75, 3.05) is 14.1 Å². The van der Waals surface area contributed by atoms with E-state index in [0.717, 1.165) is 0 Å². The van der Waals surface area contributed by atoms with Gasteiger partial charge in [0, 0.05) is 24.8 Å². The molecule has 1 unspecified atom stereocenters. The SMILES string of the molecule is CCn1nc(S(=O)(=O)NC(=O)Cc2c(-c3ccnc(C#N)c3)cc(F)cc2C(C)C)cc1C(C)N(C)C. The Morgan fingerprint density at radius 2 is 1.92 bits per heavy atom. The molecule has 0 aliphatic rings. The molecule has 2 heterocycles. The maximum Gasteiger partial charge on any atom is 0.283 e. The molecule has 0 saturated carbocycles. The van der Waals surface area contributed by atoms with Crippen LogP contribution in [0.3, 0.4) is 0 Å². The second-order valence-electron chi connectivity index (χ2n) is 9.29. The van der Waals surface area contributed by atoms with Crippen LogP contribution in [-0.4, -0.2) is 48.1 Å². The predicted molar refractivity (Wildman–Crippen MR) is 137 cm³/mol. The van der Waals surface area contributed by atoms with Gasteiger partial charge in [-0.15, -0.1) is 0 Å². The van der Waals surface area contributed by atoms with Gasteiger partial charge in [0.1, 0.15) is 17.6 Å². The third-order valence-corrected chi connectivity index (χ3v) is 7.45. The first-order valence-electron chi connectivity index (χ1n) is 11.9. The Labute approximate surface area is 217 Å². The Morgan fingerprint density at radius 1 is 1.22 bits per heavy atom. The minimum absolute atomic E-state index is 0.0962. The third kappa shape index (κ3) is 6.21. The molecule has 0 aliphatic carbocycles. The van der Waals surface area contributed by atoms with E-state index in [1.54, 1.807) is 10.7 Å². The highest BCUT2D eigenvalue weighted by Gasteiger charge is 2.26. The van der Waals surface area contributed by atoms with Crippen molar-refractivity contribution in [3.05, 3.63) is 64.9 Å². The van der Waals surface area contributed by atoms with E-state index in [0.29, 0.717) is 34.5 Å². The summed E-state index contributed by atoms with van der Waals surface area (Å²) in [5, 5.41) is 13.2. The molecular formula is C26H31FN6O3S. The number of nitriles is 1. The molecule has 1 amide bonds. The molecule has 0 spiro atoms. The number of rotatable bonds is 9. The molecule has 0 bridgehead atoms. The maximum atomic E-state index is 14.6. The Bertz CT molecular complexity index is 1460. The quantitative estimate of drug-likeness (QED) is 0.450. The summed E-state index contributed by atoms with van der Waals surface area (Å²) in [6.07, 6.45) is 1.11. The molecule has 1 N–H and O–H groups in total. The molecule has 9 nitrogen and oxygen atoms in total. The van der Waals surface area contributed by atoms with Crippen LogP contribution in [0.1, 0.15) is 62.2 Å². The zero-order chi connectivity index (χ0) is 27.5. The van der Waals surface area contributed by atoms with Gasteiger partial charge in [-0.3, -0.25) is 9.48 Å². The summed E-state index contributed by atoms with van der Waals surface area (Å²) in [6.45, 7) is 7.96. The standard InChI is InChI=1S/C26H31FN6O3S/c1-7-33-24(17(4)32(5)6)14-26(30-33)37(35,36)31-25(34)13-23-21(16(2)3)11-19(27)12-22(23)18-8-9-29-20(10-18)15-28/h8-12,14,16-17H,7,13H2,1-6H3,(H,31,34).